The molecule has 0 unspecified atom stereocenters. The maximum atomic E-state index is 12.4. The van der Waals surface area contributed by atoms with E-state index in [9.17, 15) is 18.0 Å². The van der Waals surface area contributed by atoms with E-state index >= 15 is 0 Å². The molecule has 0 bridgehead atoms. The van der Waals surface area contributed by atoms with Crippen molar-refractivity contribution in [1.29, 1.82) is 0 Å². The molecule has 0 fully saturated rings. The minimum absolute atomic E-state index is 0.188. The van der Waals surface area contributed by atoms with E-state index in [1.165, 1.54) is 7.05 Å². The van der Waals surface area contributed by atoms with E-state index in [0.717, 1.165) is 18.2 Å². The molecule has 0 aliphatic carbocycles. The second-order valence-corrected chi connectivity index (χ2v) is 2.81. The lowest BCUT2D eigenvalue weighted by atomic mass is 10.1. The zero-order valence-corrected chi connectivity index (χ0v) is 7.72. The molecule has 0 heterocycles. The van der Waals surface area contributed by atoms with Crippen LogP contribution in [0.2, 0.25) is 0 Å². The number of halogens is 3. The van der Waals surface area contributed by atoms with Crippen molar-refractivity contribution in [2.24, 2.45) is 0 Å². The number of alkyl halides is 3. The van der Waals surface area contributed by atoms with E-state index in [1.807, 2.05) is 0 Å². The second kappa shape index (κ2) is 3.80. The third-order valence-corrected chi connectivity index (χ3v) is 1.84. The normalized spacial score (nSPS) is 11.2. The molecule has 2 N–H and O–H groups in total. The van der Waals surface area contributed by atoms with E-state index in [1.54, 1.807) is 0 Å². The Morgan fingerprint density at radius 2 is 2.00 bits per heavy atom. The zero-order valence-electron chi connectivity index (χ0n) is 7.72. The fourth-order valence-electron chi connectivity index (χ4n) is 1.13. The van der Waals surface area contributed by atoms with E-state index in [0.29, 0.717) is 0 Å². The molecule has 82 valence electrons. The first-order chi connectivity index (χ1) is 6.86. The first-order valence-corrected chi connectivity index (χ1v) is 3.98. The molecule has 0 spiro atoms. The summed E-state index contributed by atoms with van der Waals surface area (Å²) in [5.41, 5.74) is -1.32. The monoisotopic (exact) mass is 219 g/mol. The van der Waals surface area contributed by atoms with Crippen molar-refractivity contribution < 1.29 is 23.1 Å². The second-order valence-electron chi connectivity index (χ2n) is 2.81. The average molecular weight is 219 g/mol. The Morgan fingerprint density at radius 1 is 1.40 bits per heavy atom. The lowest BCUT2D eigenvalue weighted by Crippen LogP contribution is -2.10. The van der Waals surface area contributed by atoms with Crippen LogP contribution in [-0.4, -0.2) is 18.1 Å². The number of carboxylic acids is 1. The molecule has 3 nitrogen and oxygen atoms in total. The fraction of sp³-hybridized carbons (Fsp3) is 0.222. The summed E-state index contributed by atoms with van der Waals surface area (Å²) in [6, 6.07) is 2.62. The summed E-state index contributed by atoms with van der Waals surface area (Å²) in [6.07, 6.45) is -4.49. The number of benzene rings is 1. The first-order valence-electron chi connectivity index (χ1n) is 3.98. The number of anilines is 1. The number of rotatable bonds is 2. The van der Waals surface area contributed by atoms with Gasteiger partial charge in [-0.2, -0.15) is 13.2 Å². The van der Waals surface area contributed by atoms with Gasteiger partial charge in [-0.3, -0.25) is 0 Å². The summed E-state index contributed by atoms with van der Waals surface area (Å²) in [6.45, 7) is 0. The molecule has 6 heteroatoms. The Kier molecular flexibility index (Phi) is 2.88. The van der Waals surface area contributed by atoms with Crippen LogP contribution >= 0.6 is 0 Å². The fourth-order valence-corrected chi connectivity index (χ4v) is 1.13. The van der Waals surface area contributed by atoms with Gasteiger partial charge in [0.1, 0.15) is 0 Å². The van der Waals surface area contributed by atoms with Gasteiger partial charge in [-0.1, -0.05) is 0 Å². The van der Waals surface area contributed by atoms with Crippen molar-refractivity contribution in [3.63, 3.8) is 0 Å². The molecule has 0 atom stereocenters. The zero-order chi connectivity index (χ0) is 11.6. The molecule has 15 heavy (non-hydrogen) atoms. The number of aromatic carboxylic acids is 1. The average Bonchev–Trinajstić information content (AvgIpc) is 2.15. The Hall–Kier alpha value is -1.72. The highest BCUT2D eigenvalue weighted by atomic mass is 19.4. The van der Waals surface area contributed by atoms with Crippen molar-refractivity contribution in [3.05, 3.63) is 29.3 Å². The van der Waals surface area contributed by atoms with Crippen LogP contribution in [0.5, 0.6) is 0 Å². The molecular formula is C9H8F3NO2. The summed E-state index contributed by atoms with van der Waals surface area (Å²) >= 11 is 0. The molecule has 1 aromatic carbocycles. The van der Waals surface area contributed by atoms with Crippen molar-refractivity contribution in [2.45, 2.75) is 6.18 Å². The SMILES string of the molecule is CNc1cc(C(=O)O)ccc1C(F)(F)F. The number of hydrogen-bond acceptors (Lipinski definition) is 2. The van der Waals surface area contributed by atoms with Crippen molar-refractivity contribution >= 4 is 11.7 Å². The largest absolute Gasteiger partial charge is 0.478 e. The summed E-state index contributed by atoms with van der Waals surface area (Å²) < 4.78 is 37.1. The van der Waals surface area contributed by atoms with Gasteiger partial charge in [0.25, 0.3) is 0 Å². The minimum Gasteiger partial charge on any atom is -0.478 e. The van der Waals surface area contributed by atoms with Gasteiger partial charge in [-0.05, 0) is 18.2 Å². The van der Waals surface area contributed by atoms with Gasteiger partial charge < -0.3 is 10.4 Å². The molecule has 0 saturated carbocycles. The molecule has 0 aliphatic rings. The predicted molar refractivity (Wildman–Crippen MR) is 48.0 cm³/mol. The maximum Gasteiger partial charge on any atom is 0.418 e. The van der Waals surface area contributed by atoms with Crippen LogP contribution in [0.3, 0.4) is 0 Å². The number of nitrogens with one attached hydrogen (secondary N) is 1. The molecule has 0 radical (unpaired) electrons. The van der Waals surface area contributed by atoms with Crippen LogP contribution in [0.25, 0.3) is 0 Å². The van der Waals surface area contributed by atoms with Crippen LogP contribution < -0.4 is 5.32 Å². The van der Waals surface area contributed by atoms with Gasteiger partial charge in [0.05, 0.1) is 11.1 Å². The highest BCUT2D eigenvalue weighted by molar-refractivity contribution is 5.89. The molecule has 0 saturated heterocycles. The Bertz CT molecular complexity index is 387. The van der Waals surface area contributed by atoms with E-state index in [-0.39, 0.29) is 11.3 Å². The van der Waals surface area contributed by atoms with E-state index in [2.05, 4.69) is 5.32 Å². The van der Waals surface area contributed by atoms with Gasteiger partial charge in [0.15, 0.2) is 0 Å². The lowest BCUT2D eigenvalue weighted by Gasteiger charge is -2.12. The van der Waals surface area contributed by atoms with Gasteiger partial charge in [-0.25, -0.2) is 4.79 Å². The van der Waals surface area contributed by atoms with Crippen LogP contribution in [0.4, 0.5) is 18.9 Å². The summed E-state index contributed by atoms with van der Waals surface area (Å²) in [5, 5.41) is 10.9. The van der Waals surface area contributed by atoms with Crippen molar-refractivity contribution in [3.8, 4) is 0 Å². The standard InChI is InChI=1S/C9H8F3NO2/c1-13-7-4-5(8(14)15)2-3-6(7)9(10,11)12/h2-4,13H,1H3,(H,14,15). The molecule has 0 aromatic heterocycles. The summed E-state index contributed by atoms with van der Waals surface area (Å²) in [7, 11) is 1.30. The Balaban J connectivity index is 3.27. The third kappa shape index (κ3) is 2.39. The molecule has 0 aliphatic heterocycles. The van der Waals surface area contributed by atoms with Crippen LogP contribution in [-0.2, 0) is 6.18 Å². The number of carboxylic acid groups (broad SMARTS) is 1. The van der Waals surface area contributed by atoms with Gasteiger partial charge in [-0.15, -0.1) is 0 Å². The summed E-state index contributed by atoms with van der Waals surface area (Å²) in [4.78, 5) is 10.5. The van der Waals surface area contributed by atoms with Crippen LogP contribution in [0.1, 0.15) is 15.9 Å². The van der Waals surface area contributed by atoms with Crippen LogP contribution in [0.15, 0.2) is 18.2 Å². The highest BCUT2D eigenvalue weighted by Gasteiger charge is 2.33. The lowest BCUT2D eigenvalue weighted by molar-refractivity contribution is -0.136. The first kappa shape index (κ1) is 11.4. The topological polar surface area (TPSA) is 49.3 Å². The highest BCUT2D eigenvalue weighted by Crippen LogP contribution is 2.35. The quantitative estimate of drug-likeness (QED) is 0.803. The number of hydrogen-bond donors (Lipinski definition) is 2. The van der Waals surface area contributed by atoms with Crippen molar-refractivity contribution in [1.82, 2.24) is 0 Å². The molecule has 1 aromatic rings. The van der Waals surface area contributed by atoms with Crippen molar-refractivity contribution in [2.75, 3.05) is 12.4 Å². The van der Waals surface area contributed by atoms with E-state index in [4.69, 9.17) is 5.11 Å². The van der Waals surface area contributed by atoms with Gasteiger partial charge in [0.2, 0.25) is 0 Å². The summed E-state index contributed by atoms with van der Waals surface area (Å²) in [5.74, 6) is -1.26. The van der Waals surface area contributed by atoms with Gasteiger partial charge in [0, 0.05) is 12.7 Å². The van der Waals surface area contributed by atoms with Crippen LogP contribution in [0, 0.1) is 0 Å². The smallest absolute Gasteiger partial charge is 0.418 e. The molecule has 0 amide bonds. The minimum atomic E-state index is -4.49. The van der Waals surface area contributed by atoms with E-state index < -0.39 is 17.7 Å². The van der Waals surface area contributed by atoms with Gasteiger partial charge >= 0.3 is 12.1 Å². The molecule has 1 rings (SSSR count). The predicted octanol–water partition coefficient (Wildman–Crippen LogP) is 2.45. The third-order valence-electron chi connectivity index (χ3n) is 1.84. The maximum absolute atomic E-state index is 12.4. The Labute approximate surface area is 83.5 Å². The number of carbonyl (C=O) groups is 1. The molecular weight excluding hydrogens is 211 g/mol. The Morgan fingerprint density at radius 3 is 2.40 bits per heavy atom.